The number of carbonyl (C=O) groups excluding carboxylic acids is 1. The van der Waals surface area contributed by atoms with Crippen molar-refractivity contribution in [1.82, 2.24) is 9.80 Å². The van der Waals surface area contributed by atoms with Crippen molar-refractivity contribution >= 4 is 5.91 Å². The Morgan fingerprint density at radius 2 is 1.57 bits per heavy atom. The fraction of sp³-hybridized carbons (Fsp3) is 0.611. The monoisotopic (exact) mass is 286 g/mol. The van der Waals surface area contributed by atoms with Crippen molar-refractivity contribution in [1.29, 1.82) is 0 Å². The number of rotatable bonds is 2. The van der Waals surface area contributed by atoms with Crippen LogP contribution < -0.4 is 0 Å². The molecule has 1 aromatic rings. The summed E-state index contributed by atoms with van der Waals surface area (Å²) in [7, 11) is 0. The predicted molar refractivity (Wildman–Crippen MR) is 85.3 cm³/mol. The zero-order valence-electron chi connectivity index (χ0n) is 13.0. The largest absolute Gasteiger partial charge is 0.336 e. The maximum absolute atomic E-state index is 12.4. The first-order valence-electron chi connectivity index (χ1n) is 8.32. The predicted octanol–water partition coefficient (Wildman–Crippen LogP) is 3.02. The molecule has 3 rings (SSSR count). The third-order valence-corrected chi connectivity index (χ3v) is 5.12. The number of benzene rings is 1. The molecule has 0 aromatic heterocycles. The topological polar surface area (TPSA) is 23.6 Å². The van der Waals surface area contributed by atoms with E-state index in [4.69, 9.17) is 0 Å². The standard InChI is InChI=1S/C18H26N2O/c1-15-7-9-17(10-8-15)19-11-13-20(14-12-19)18(21)16-5-3-2-4-6-16/h2-6,15,17H,7-14H2,1H3. The molecule has 1 heterocycles. The molecule has 1 aromatic carbocycles. The van der Waals surface area contributed by atoms with Crippen LogP contribution in [0.25, 0.3) is 0 Å². The minimum Gasteiger partial charge on any atom is -0.336 e. The lowest BCUT2D eigenvalue weighted by atomic mass is 9.86. The summed E-state index contributed by atoms with van der Waals surface area (Å²) >= 11 is 0. The Balaban J connectivity index is 1.52. The lowest BCUT2D eigenvalue weighted by Gasteiger charge is -2.41. The molecule has 3 nitrogen and oxygen atoms in total. The van der Waals surface area contributed by atoms with Gasteiger partial charge in [0.25, 0.3) is 5.91 Å². The minimum absolute atomic E-state index is 0.188. The van der Waals surface area contributed by atoms with Crippen LogP contribution in [0.2, 0.25) is 0 Å². The van der Waals surface area contributed by atoms with Crippen LogP contribution in [0.15, 0.2) is 30.3 Å². The molecule has 1 saturated carbocycles. The third kappa shape index (κ3) is 3.46. The molecular weight excluding hydrogens is 260 g/mol. The van der Waals surface area contributed by atoms with Crippen LogP contribution in [0, 0.1) is 5.92 Å². The van der Waals surface area contributed by atoms with Crippen LogP contribution in [0.1, 0.15) is 43.0 Å². The summed E-state index contributed by atoms with van der Waals surface area (Å²) in [6.07, 6.45) is 5.42. The molecule has 1 amide bonds. The van der Waals surface area contributed by atoms with Gasteiger partial charge in [0.2, 0.25) is 0 Å². The number of nitrogens with zero attached hydrogens (tertiary/aromatic N) is 2. The number of hydrogen-bond acceptors (Lipinski definition) is 2. The molecule has 0 radical (unpaired) electrons. The van der Waals surface area contributed by atoms with Gasteiger partial charge < -0.3 is 4.90 Å². The van der Waals surface area contributed by atoms with Gasteiger partial charge in [-0.15, -0.1) is 0 Å². The van der Waals surface area contributed by atoms with Crippen molar-refractivity contribution in [3.05, 3.63) is 35.9 Å². The van der Waals surface area contributed by atoms with E-state index in [2.05, 4.69) is 11.8 Å². The van der Waals surface area contributed by atoms with E-state index < -0.39 is 0 Å². The molecule has 0 bridgehead atoms. The number of piperazine rings is 1. The van der Waals surface area contributed by atoms with Crippen LogP contribution in [0.5, 0.6) is 0 Å². The van der Waals surface area contributed by atoms with Crippen molar-refractivity contribution in [3.8, 4) is 0 Å². The molecule has 1 aliphatic carbocycles. The highest BCUT2D eigenvalue weighted by Crippen LogP contribution is 2.27. The first kappa shape index (κ1) is 14.6. The van der Waals surface area contributed by atoms with Crippen molar-refractivity contribution in [2.75, 3.05) is 26.2 Å². The van der Waals surface area contributed by atoms with Crippen molar-refractivity contribution in [2.24, 2.45) is 5.92 Å². The summed E-state index contributed by atoms with van der Waals surface area (Å²) < 4.78 is 0. The molecule has 0 unspecified atom stereocenters. The Hall–Kier alpha value is -1.35. The summed E-state index contributed by atoms with van der Waals surface area (Å²) in [4.78, 5) is 17.1. The van der Waals surface area contributed by atoms with Crippen LogP contribution in [-0.2, 0) is 0 Å². The highest BCUT2D eigenvalue weighted by molar-refractivity contribution is 5.94. The normalized spacial score (nSPS) is 27.6. The second-order valence-corrected chi connectivity index (χ2v) is 6.61. The van der Waals surface area contributed by atoms with E-state index in [0.29, 0.717) is 0 Å². The van der Waals surface area contributed by atoms with E-state index in [-0.39, 0.29) is 5.91 Å². The van der Waals surface area contributed by atoms with Crippen LogP contribution in [0.4, 0.5) is 0 Å². The summed E-state index contributed by atoms with van der Waals surface area (Å²) in [6.45, 7) is 6.20. The van der Waals surface area contributed by atoms with E-state index >= 15 is 0 Å². The molecule has 0 spiro atoms. The number of amides is 1. The summed E-state index contributed by atoms with van der Waals surface area (Å²) in [5, 5.41) is 0. The van der Waals surface area contributed by atoms with Gasteiger partial charge in [-0.2, -0.15) is 0 Å². The average molecular weight is 286 g/mol. The highest BCUT2D eigenvalue weighted by atomic mass is 16.2. The summed E-state index contributed by atoms with van der Waals surface area (Å²) in [6, 6.07) is 10.4. The Morgan fingerprint density at radius 3 is 2.19 bits per heavy atom. The van der Waals surface area contributed by atoms with Crippen molar-refractivity contribution < 1.29 is 4.79 Å². The lowest BCUT2D eigenvalue weighted by Crippen LogP contribution is -2.52. The van der Waals surface area contributed by atoms with Gasteiger partial charge >= 0.3 is 0 Å². The van der Waals surface area contributed by atoms with E-state index in [0.717, 1.165) is 43.7 Å². The molecule has 2 fully saturated rings. The van der Waals surface area contributed by atoms with Gasteiger partial charge in [0.05, 0.1) is 0 Å². The third-order valence-electron chi connectivity index (χ3n) is 5.12. The molecule has 0 N–H and O–H groups in total. The number of hydrogen-bond donors (Lipinski definition) is 0. The van der Waals surface area contributed by atoms with Gasteiger partial charge in [0.1, 0.15) is 0 Å². The Morgan fingerprint density at radius 1 is 0.952 bits per heavy atom. The van der Waals surface area contributed by atoms with Crippen LogP contribution in [0.3, 0.4) is 0 Å². The smallest absolute Gasteiger partial charge is 0.253 e. The minimum atomic E-state index is 0.188. The van der Waals surface area contributed by atoms with E-state index in [1.807, 2.05) is 35.2 Å². The second kappa shape index (κ2) is 6.61. The van der Waals surface area contributed by atoms with Gasteiger partial charge in [-0.25, -0.2) is 0 Å². The van der Waals surface area contributed by atoms with Crippen LogP contribution in [-0.4, -0.2) is 47.9 Å². The Bertz CT molecular complexity index is 457. The molecule has 1 saturated heterocycles. The molecule has 0 atom stereocenters. The van der Waals surface area contributed by atoms with E-state index in [9.17, 15) is 4.79 Å². The Labute approximate surface area is 127 Å². The molecule has 1 aliphatic heterocycles. The fourth-order valence-corrected chi connectivity index (χ4v) is 3.66. The van der Waals surface area contributed by atoms with Crippen molar-refractivity contribution in [2.45, 2.75) is 38.6 Å². The highest BCUT2D eigenvalue weighted by Gasteiger charge is 2.28. The van der Waals surface area contributed by atoms with Gasteiger partial charge in [-0.3, -0.25) is 9.69 Å². The van der Waals surface area contributed by atoms with Gasteiger partial charge in [-0.05, 0) is 43.7 Å². The van der Waals surface area contributed by atoms with E-state index in [1.54, 1.807) is 0 Å². The first-order chi connectivity index (χ1) is 10.2. The Kier molecular flexibility index (Phi) is 4.59. The quantitative estimate of drug-likeness (QED) is 0.834. The molecule has 114 valence electrons. The summed E-state index contributed by atoms with van der Waals surface area (Å²) in [5.41, 5.74) is 0.817. The SMILES string of the molecule is CC1CCC(N2CCN(C(=O)c3ccccc3)CC2)CC1. The maximum Gasteiger partial charge on any atom is 0.253 e. The lowest BCUT2D eigenvalue weighted by molar-refractivity contribution is 0.0501. The zero-order chi connectivity index (χ0) is 14.7. The fourth-order valence-electron chi connectivity index (χ4n) is 3.66. The average Bonchev–Trinajstić information content (AvgIpc) is 2.56. The second-order valence-electron chi connectivity index (χ2n) is 6.61. The van der Waals surface area contributed by atoms with Gasteiger partial charge in [0.15, 0.2) is 0 Å². The molecule has 21 heavy (non-hydrogen) atoms. The molecular formula is C18H26N2O. The van der Waals surface area contributed by atoms with Gasteiger partial charge in [-0.1, -0.05) is 25.1 Å². The van der Waals surface area contributed by atoms with E-state index in [1.165, 1.54) is 25.7 Å². The molecule has 3 heteroatoms. The van der Waals surface area contributed by atoms with Gasteiger partial charge in [0, 0.05) is 37.8 Å². The molecule has 2 aliphatic rings. The maximum atomic E-state index is 12.4. The number of carbonyl (C=O) groups is 1. The zero-order valence-corrected chi connectivity index (χ0v) is 13.0. The van der Waals surface area contributed by atoms with Crippen molar-refractivity contribution in [3.63, 3.8) is 0 Å². The first-order valence-corrected chi connectivity index (χ1v) is 8.32. The van der Waals surface area contributed by atoms with Crippen LogP contribution >= 0.6 is 0 Å². The summed E-state index contributed by atoms with van der Waals surface area (Å²) in [5.74, 6) is 1.09.